The number of hydrogen-bond acceptors (Lipinski definition) is 6. The highest BCUT2D eigenvalue weighted by Gasteiger charge is 2.16. The number of fused-ring (bicyclic) bond motifs is 1. The fourth-order valence-corrected chi connectivity index (χ4v) is 5.37. The summed E-state index contributed by atoms with van der Waals surface area (Å²) < 4.78 is 9.70. The molecule has 0 bridgehead atoms. The quantitative estimate of drug-likeness (QED) is 0.229. The fourth-order valence-electron chi connectivity index (χ4n) is 4.34. The first kappa shape index (κ1) is 26.0. The van der Waals surface area contributed by atoms with Crippen molar-refractivity contribution in [3.8, 4) is 34.1 Å². The van der Waals surface area contributed by atoms with Gasteiger partial charge in [-0.1, -0.05) is 55.0 Å². The molecular formula is C31H26ClN5O2S. The van der Waals surface area contributed by atoms with Crippen LogP contribution in [0.25, 0.3) is 39.4 Å². The van der Waals surface area contributed by atoms with Crippen LogP contribution in [0.5, 0.6) is 5.75 Å². The molecule has 0 aliphatic rings. The molecule has 0 N–H and O–H groups in total. The number of aromatic nitrogens is 5. The van der Waals surface area contributed by atoms with Crippen molar-refractivity contribution in [1.29, 1.82) is 0 Å². The second-order valence-electron chi connectivity index (χ2n) is 9.95. The zero-order valence-corrected chi connectivity index (χ0v) is 23.8. The molecule has 0 radical (unpaired) electrons. The topological polar surface area (TPSA) is 74.3 Å². The third-order valence-corrected chi connectivity index (χ3v) is 7.57. The van der Waals surface area contributed by atoms with Crippen molar-refractivity contribution < 1.29 is 4.74 Å². The third-order valence-electron chi connectivity index (χ3n) is 6.35. The van der Waals surface area contributed by atoms with Crippen molar-refractivity contribution >= 4 is 34.0 Å². The normalized spacial score (nSPS) is 12.1. The first-order valence-electron chi connectivity index (χ1n) is 12.9. The van der Waals surface area contributed by atoms with E-state index in [2.05, 4.69) is 30.0 Å². The van der Waals surface area contributed by atoms with Crippen molar-refractivity contribution in [2.75, 3.05) is 6.61 Å². The van der Waals surface area contributed by atoms with E-state index in [1.807, 2.05) is 78.5 Å². The maximum atomic E-state index is 13.4. The molecule has 3 aromatic carbocycles. The largest absolute Gasteiger partial charge is 0.493 e. The van der Waals surface area contributed by atoms with E-state index in [0.29, 0.717) is 32.9 Å². The molecule has 0 saturated carbocycles. The molecule has 0 saturated heterocycles. The van der Waals surface area contributed by atoms with Crippen molar-refractivity contribution in [3.05, 3.63) is 110 Å². The lowest BCUT2D eigenvalue weighted by molar-refractivity contribution is 0.269. The highest BCUT2D eigenvalue weighted by atomic mass is 35.5. The summed E-state index contributed by atoms with van der Waals surface area (Å²) in [6.45, 7) is 6.94. The van der Waals surface area contributed by atoms with Gasteiger partial charge in [-0.2, -0.15) is 14.6 Å². The van der Waals surface area contributed by atoms with Gasteiger partial charge in [0.05, 0.1) is 16.8 Å². The molecule has 3 heterocycles. The van der Waals surface area contributed by atoms with Crippen LogP contribution in [0.4, 0.5) is 0 Å². The number of benzene rings is 3. The van der Waals surface area contributed by atoms with E-state index in [1.54, 1.807) is 12.1 Å². The van der Waals surface area contributed by atoms with E-state index in [9.17, 15) is 4.79 Å². The molecule has 0 atom stereocenters. The van der Waals surface area contributed by atoms with E-state index in [0.717, 1.165) is 39.4 Å². The van der Waals surface area contributed by atoms with E-state index in [-0.39, 0.29) is 5.56 Å². The molecule has 40 heavy (non-hydrogen) atoms. The van der Waals surface area contributed by atoms with Crippen LogP contribution in [0.15, 0.2) is 83.8 Å². The average molecular weight is 568 g/mol. The predicted octanol–water partition coefficient (Wildman–Crippen LogP) is 6.22. The Balaban J connectivity index is 1.44. The number of nitrogens with zero attached hydrogens (tertiary/aromatic N) is 5. The summed E-state index contributed by atoms with van der Waals surface area (Å²) in [4.78, 5) is 18.5. The van der Waals surface area contributed by atoms with Crippen LogP contribution >= 0.6 is 22.9 Å². The molecule has 0 unspecified atom stereocenters. The van der Waals surface area contributed by atoms with Gasteiger partial charge in [0.15, 0.2) is 5.82 Å². The van der Waals surface area contributed by atoms with E-state index in [1.165, 1.54) is 15.9 Å². The minimum absolute atomic E-state index is 0.222. The Labute approximate surface area is 240 Å². The van der Waals surface area contributed by atoms with Crippen molar-refractivity contribution in [3.63, 3.8) is 0 Å². The maximum absolute atomic E-state index is 13.4. The molecule has 0 aliphatic heterocycles. The van der Waals surface area contributed by atoms with Gasteiger partial charge >= 0.3 is 0 Å². The lowest BCUT2D eigenvalue weighted by Crippen LogP contribution is -2.23. The Bertz CT molecular complexity index is 1920. The van der Waals surface area contributed by atoms with Crippen LogP contribution in [0, 0.1) is 12.8 Å². The second-order valence-corrected chi connectivity index (χ2v) is 11.4. The number of aryl methyl sites for hydroxylation is 1. The number of rotatable bonds is 7. The number of hydrogen-bond donors (Lipinski definition) is 0. The molecule has 0 spiro atoms. The zero-order valence-electron chi connectivity index (χ0n) is 22.2. The molecular weight excluding hydrogens is 542 g/mol. The highest BCUT2D eigenvalue weighted by Crippen LogP contribution is 2.29. The average Bonchev–Trinajstić information content (AvgIpc) is 3.64. The molecule has 9 heteroatoms. The first-order chi connectivity index (χ1) is 19.4. The number of halogens is 1. The molecule has 0 aliphatic carbocycles. The Morgan fingerprint density at radius 1 is 1.00 bits per heavy atom. The second kappa shape index (κ2) is 10.7. The van der Waals surface area contributed by atoms with Gasteiger partial charge in [-0.05, 0) is 79.1 Å². The molecule has 6 rings (SSSR count). The monoisotopic (exact) mass is 567 g/mol. The maximum Gasteiger partial charge on any atom is 0.291 e. The predicted molar refractivity (Wildman–Crippen MR) is 160 cm³/mol. The first-order valence-corrected chi connectivity index (χ1v) is 14.1. The highest BCUT2D eigenvalue weighted by molar-refractivity contribution is 7.15. The van der Waals surface area contributed by atoms with Gasteiger partial charge in [0.1, 0.15) is 11.4 Å². The van der Waals surface area contributed by atoms with Gasteiger partial charge in [0.25, 0.3) is 5.56 Å². The van der Waals surface area contributed by atoms with E-state index < -0.39 is 0 Å². The number of ether oxygens (including phenoxy) is 1. The molecule has 6 aromatic rings. The molecule has 0 fully saturated rings. The van der Waals surface area contributed by atoms with Gasteiger partial charge in [-0.25, -0.2) is 4.68 Å². The van der Waals surface area contributed by atoms with Gasteiger partial charge in [-0.3, -0.25) is 4.79 Å². The Hall–Kier alpha value is -4.27. The van der Waals surface area contributed by atoms with Crippen LogP contribution in [-0.4, -0.2) is 31.0 Å². The Morgan fingerprint density at radius 2 is 1.75 bits per heavy atom. The van der Waals surface area contributed by atoms with Crippen molar-refractivity contribution in [1.82, 2.24) is 24.4 Å². The van der Waals surface area contributed by atoms with Crippen molar-refractivity contribution in [2.24, 2.45) is 5.92 Å². The zero-order chi connectivity index (χ0) is 27.8. The fraction of sp³-hybridized carbons (Fsp3) is 0.161. The summed E-state index contributed by atoms with van der Waals surface area (Å²) in [6.07, 6.45) is 3.81. The van der Waals surface area contributed by atoms with Crippen LogP contribution in [0.3, 0.4) is 0 Å². The van der Waals surface area contributed by atoms with E-state index in [4.69, 9.17) is 21.4 Å². The molecule has 200 valence electrons. The third kappa shape index (κ3) is 5.15. The number of para-hydroxylation sites is 1. The summed E-state index contributed by atoms with van der Waals surface area (Å²) in [5, 5.41) is 10.0. The van der Waals surface area contributed by atoms with E-state index >= 15 is 0 Å². The number of thiazole rings is 1. The molecule has 7 nitrogen and oxygen atoms in total. The van der Waals surface area contributed by atoms with Crippen molar-refractivity contribution in [2.45, 2.75) is 20.8 Å². The summed E-state index contributed by atoms with van der Waals surface area (Å²) in [5.74, 6) is 1.78. The summed E-state index contributed by atoms with van der Waals surface area (Å²) in [5.41, 5.74) is 5.05. The Morgan fingerprint density at radius 3 is 2.45 bits per heavy atom. The van der Waals surface area contributed by atoms with Gasteiger partial charge < -0.3 is 4.74 Å². The Kier molecular flexibility index (Phi) is 6.96. The summed E-state index contributed by atoms with van der Waals surface area (Å²) in [7, 11) is 0. The molecule has 3 aromatic heterocycles. The SMILES string of the molecule is Cc1cc(-c2nn(-c3ccccc3)cc2C=c2sc3nc(-c4ccc(Cl)cc4)nn3c2=O)ccc1OCC(C)C. The standard InChI is InChI=1S/C31H26ClN5O2S/c1-19(2)18-39-26-14-11-22(15-20(26)3)28-23(17-36(34-28)25-7-5-4-6-8-25)16-27-30(38)37-31(40-27)33-29(35-37)21-9-12-24(32)13-10-21/h4-17,19H,18H2,1-3H3. The minimum Gasteiger partial charge on any atom is -0.493 e. The smallest absolute Gasteiger partial charge is 0.291 e. The van der Waals surface area contributed by atoms with Gasteiger partial charge in [0, 0.05) is 27.9 Å². The van der Waals surface area contributed by atoms with Crippen LogP contribution in [0.1, 0.15) is 25.0 Å². The van der Waals surface area contributed by atoms with Gasteiger partial charge in [-0.15, -0.1) is 5.10 Å². The lowest BCUT2D eigenvalue weighted by Gasteiger charge is -2.12. The van der Waals surface area contributed by atoms with Crippen LogP contribution < -0.4 is 14.8 Å². The summed E-state index contributed by atoms with van der Waals surface area (Å²) >= 11 is 7.31. The molecule has 0 amide bonds. The summed E-state index contributed by atoms with van der Waals surface area (Å²) in [6, 6.07) is 23.2. The lowest BCUT2D eigenvalue weighted by atomic mass is 10.0. The van der Waals surface area contributed by atoms with Gasteiger partial charge in [0.2, 0.25) is 4.96 Å². The minimum atomic E-state index is -0.222. The van der Waals surface area contributed by atoms with Crippen LogP contribution in [-0.2, 0) is 0 Å². The van der Waals surface area contributed by atoms with Crippen LogP contribution in [0.2, 0.25) is 5.02 Å².